The number of ether oxygens (including phenoxy) is 1. The van der Waals surface area contributed by atoms with E-state index in [0.717, 1.165) is 16.7 Å². The fraction of sp³-hybridized carbons (Fsp3) is 0.696. The van der Waals surface area contributed by atoms with Gasteiger partial charge in [-0.05, 0) is 69.4 Å². The molecule has 7 heteroatoms. The standard InChI is InChI=1S/C23H41NO4SSi/c1-11-27-21(25)15-18-12-13-19(17(2)14-18)20(24-29(26)22(3,4)5)16-28-30(9,10)23(6,7)8/h12-14,20,24H,11,15-16H2,1-10H3/t20?,29-/m0/s1. The second kappa shape index (κ2) is 10.6. The van der Waals surface area contributed by atoms with Crippen LogP contribution in [0.15, 0.2) is 18.2 Å². The molecule has 1 rings (SSSR count). The molecule has 30 heavy (non-hydrogen) atoms. The summed E-state index contributed by atoms with van der Waals surface area (Å²) in [6, 6.07) is 5.76. The normalized spacial score (nSPS) is 15.0. The summed E-state index contributed by atoms with van der Waals surface area (Å²) in [7, 11) is -1.96. The smallest absolute Gasteiger partial charge is 0.310 e. The van der Waals surface area contributed by atoms with Gasteiger partial charge in [0.2, 0.25) is 0 Å². The Morgan fingerprint density at radius 3 is 2.27 bits per heavy atom. The van der Waals surface area contributed by atoms with E-state index in [4.69, 9.17) is 9.16 Å². The average Bonchev–Trinajstić information content (AvgIpc) is 2.57. The van der Waals surface area contributed by atoms with Crippen LogP contribution in [0, 0.1) is 6.92 Å². The molecular weight excluding hydrogens is 414 g/mol. The number of esters is 1. The van der Waals surface area contributed by atoms with Gasteiger partial charge in [0.25, 0.3) is 0 Å². The average molecular weight is 456 g/mol. The highest BCUT2D eigenvalue weighted by atomic mass is 32.2. The second-order valence-electron chi connectivity index (χ2n) is 10.3. The Balaban J connectivity index is 3.13. The highest BCUT2D eigenvalue weighted by Gasteiger charge is 2.39. The number of aryl methyl sites for hydroxylation is 1. The first-order chi connectivity index (χ1) is 13.6. The number of hydrogen-bond donors (Lipinski definition) is 1. The number of benzene rings is 1. The number of rotatable bonds is 9. The lowest BCUT2D eigenvalue weighted by atomic mass is 9.99. The van der Waals surface area contributed by atoms with Crippen molar-refractivity contribution in [3.05, 3.63) is 34.9 Å². The van der Waals surface area contributed by atoms with Crippen molar-refractivity contribution in [2.45, 2.75) is 90.7 Å². The van der Waals surface area contributed by atoms with Crippen molar-refractivity contribution in [1.82, 2.24) is 4.72 Å². The predicted molar refractivity (Wildman–Crippen MR) is 128 cm³/mol. The van der Waals surface area contributed by atoms with Crippen molar-refractivity contribution in [1.29, 1.82) is 0 Å². The van der Waals surface area contributed by atoms with Crippen LogP contribution >= 0.6 is 0 Å². The van der Waals surface area contributed by atoms with Crippen molar-refractivity contribution < 1.29 is 18.5 Å². The second-order valence-corrected chi connectivity index (χ2v) is 17.1. The highest BCUT2D eigenvalue weighted by Crippen LogP contribution is 2.37. The fourth-order valence-corrected chi connectivity index (χ4v) is 4.44. The maximum atomic E-state index is 12.9. The topological polar surface area (TPSA) is 70.6 Å². The van der Waals surface area contributed by atoms with Crippen LogP contribution in [0.4, 0.5) is 0 Å². The minimum Gasteiger partial charge on any atom is -0.598 e. The van der Waals surface area contributed by atoms with E-state index in [1.165, 1.54) is 0 Å². The molecule has 0 aromatic heterocycles. The molecule has 172 valence electrons. The first kappa shape index (κ1) is 27.2. The van der Waals surface area contributed by atoms with Gasteiger partial charge in [0, 0.05) is 11.4 Å². The van der Waals surface area contributed by atoms with E-state index < -0.39 is 19.7 Å². The van der Waals surface area contributed by atoms with Gasteiger partial charge in [0.05, 0.1) is 25.7 Å². The van der Waals surface area contributed by atoms with Crippen LogP contribution in [0.5, 0.6) is 0 Å². The van der Waals surface area contributed by atoms with Gasteiger partial charge in [-0.1, -0.05) is 39.0 Å². The summed E-state index contributed by atoms with van der Waals surface area (Å²) in [4.78, 5) is 11.8. The first-order valence-electron chi connectivity index (χ1n) is 10.7. The number of carbonyl (C=O) groups is 1. The third-order valence-corrected chi connectivity index (χ3v) is 11.7. The van der Waals surface area contributed by atoms with Gasteiger partial charge in [-0.15, -0.1) is 4.72 Å². The van der Waals surface area contributed by atoms with Crippen molar-refractivity contribution in [2.75, 3.05) is 13.2 Å². The molecule has 0 spiro atoms. The lowest BCUT2D eigenvalue weighted by Gasteiger charge is -2.38. The Morgan fingerprint density at radius 2 is 1.80 bits per heavy atom. The third-order valence-electron chi connectivity index (χ3n) is 5.59. The summed E-state index contributed by atoms with van der Waals surface area (Å²) < 4.78 is 27.3. The van der Waals surface area contributed by atoms with Crippen molar-refractivity contribution in [2.24, 2.45) is 0 Å². The van der Waals surface area contributed by atoms with E-state index >= 15 is 0 Å². The van der Waals surface area contributed by atoms with E-state index in [0.29, 0.717) is 13.2 Å². The van der Waals surface area contributed by atoms with E-state index in [1.807, 2.05) is 45.9 Å². The molecule has 0 saturated carbocycles. The lowest BCUT2D eigenvalue weighted by molar-refractivity contribution is -0.142. The predicted octanol–water partition coefficient (Wildman–Crippen LogP) is 5.22. The molecular formula is C23H41NO4SSi. The molecule has 0 radical (unpaired) electrons. The van der Waals surface area contributed by atoms with Crippen molar-refractivity contribution in [3.8, 4) is 0 Å². The molecule has 1 N–H and O–H groups in total. The zero-order valence-electron chi connectivity index (χ0n) is 20.5. The van der Waals surface area contributed by atoms with E-state index in [-0.39, 0.29) is 28.2 Å². The first-order valence-corrected chi connectivity index (χ1v) is 14.7. The minimum atomic E-state index is -1.96. The molecule has 5 nitrogen and oxygen atoms in total. The van der Waals surface area contributed by atoms with Crippen molar-refractivity contribution in [3.63, 3.8) is 0 Å². The highest BCUT2D eigenvalue weighted by molar-refractivity contribution is 7.90. The number of hydrogen-bond acceptors (Lipinski definition) is 5. The number of nitrogens with one attached hydrogen (secondary N) is 1. The van der Waals surface area contributed by atoms with Gasteiger partial charge in [-0.25, -0.2) is 0 Å². The SMILES string of the molecule is CCOC(=O)Cc1ccc(C(CO[Si](C)(C)C(C)(C)C)N[S@@+]([O-])C(C)(C)C)c(C)c1. The van der Waals surface area contributed by atoms with Gasteiger partial charge in [-0.3, -0.25) is 4.79 Å². The Labute approximate surface area is 187 Å². The van der Waals surface area contributed by atoms with Crippen LogP contribution in [0.1, 0.15) is 71.2 Å². The van der Waals surface area contributed by atoms with E-state index in [2.05, 4.69) is 38.6 Å². The zero-order valence-corrected chi connectivity index (χ0v) is 22.3. The summed E-state index contributed by atoms with van der Waals surface area (Å²) in [5.74, 6) is -0.227. The molecule has 0 bridgehead atoms. The maximum absolute atomic E-state index is 12.9. The molecule has 0 amide bonds. The fourth-order valence-electron chi connectivity index (χ4n) is 2.62. The lowest BCUT2D eigenvalue weighted by Crippen LogP contribution is -2.46. The maximum Gasteiger partial charge on any atom is 0.310 e. The molecule has 1 aromatic carbocycles. The van der Waals surface area contributed by atoms with Crippen LogP contribution < -0.4 is 4.72 Å². The molecule has 0 fully saturated rings. The summed E-state index contributed by atoms with van der Waals surface area (Å²) in [5.41, 5.74) is 2.99. The van der Waals surface area contributed by atoms with E-state index in [9.17, 15) is 9.35 Å². The molecule has 0 heterocycles. The van der Waals surface area contributed by atoms with Crippen LogP contribution in [0.2, 0.25) is 18.1 Å². The summed E-state index contributed by atoms with van der Waals surface area (Å²) in [5, 5.41) is 0.0965. The Kier molecular flexibility index (Phi) is 9.63. The Hall–Kier alpha value is -0.863. The van der Waals surface area contributed by atoms with Crippen LogP contribution in [0.3, 0.4) is 0 Å². The molecule has 1 unspecified atom stereocenters. The zero-order chi connectivity index (χ0) is 23.3. The van der Waals surface area contributed by atoms with Crippen LogP contribution in [-0.4, -0.2) is 36.8 Å². The van der Waals surface area contributed by atoms with Gasteiger partial charge in [-0.2, -0.15) is 0 Å². The molecule has 0 aliphatic carbocycles. The molecule has 0 aliphatic heterocycles. The molecule has 1 aromatic rings. The monoisotopic (exact) mass is 455 g/mol. The third kappa shape index (κ3) is 8.00. The molecule has 0 saturated heterocycles. The number of carbonyl (C=O) groups excluding carboxylic acids is 1. The molecule has 2 atom stereocenters. The molecule has 0 aliphatic rings. The van der Waals surface area contributed by atoms with Gasteiger partial charge >= 0.3 is 5.97 Å². The van der Waals surface area contributed by atoms with Gasteiger partial charge in [0.15, 0.2) is 8.32 Å². The van der Waals surface area contributed by atoms with Gasteiger partial charge in [0.1, 0.15) is 4.75 Å². The van der Waals surface area contributed by atoms with Crippen LogP contribution in [0.25, 0.3) is 0 Å². The summed E-state index contributed by atoms with van der Waals surface area (Å²) >= 11 is -1.23. The quantitative estimate of drug-likeness (QED) is 0.314. The van der Waals surface area contributed by atoms with E-state index in [1.54, 1.807) is 6.92 Å². The van der Waals surface area contributed by atoms with Gasteiger partial charge < -0.3 is 13.7 Å². The van der Waals surface area contributed by atoms with Crippen LogP contribution in [-0.2, 0) is 31.7 Å². The Bertz CT molecular complexity index is 710. The van der Waals surface area contributed by atoms with Crippen molar-refractivity contribution >= 4 is 25.6 Å². The summed E-state index contributed by atoms with van der Waals surface area (Å²) in [6.45, 7) is 21.6. The summed E-state index contributed by atoms with van der Waals surface area (Å²) in [6.07, 6.45) is 0.251. The largest absolute Gasteiger partial charge is 0.598 e. The minimum absolute atomic E-state index is 0.0965. The Morgan fingerprint density at radius 1 is 1.20 bits per heavy atom.